The van der Waals surface area contributed by atoms with Crippen LogP contribution in [0.4, 0.5) is 0 Å². The summed E-state index contributed by atoms with van der Waals surface area (Å²) in [4.78, 5) is 0. The fourth-order valence-electron chi connectivity index (χ4n) is 3.67. The third-order valence-electron chi connectivity index (χ3n) is 5.52. The maximum Gasteiger partial charge on any atom is 4.00 e. The van der Waals surface area contributed by atoms with E-state index in [9.17, 15) is 0 Å². The van der Waals surface area contributed by atoms with Crippen molar-refractivity contribution in [3.8, 4) is 0 Å². The van der Waals surface area contributed by atoms with Gasteiger partial charge in [-0.05, 0) is 0 Å². The van der Waals surface area contributed by atoms with E-state index in [1.807, 2.05) is 0 Å². The first-order valence-electron chi connectivity index (χ1n) is 7.86. The van der Waals surface area contributed by atoms with Crippen LogP contribution in [0.2, 0.25) is 0 Å². The van der Waals surface area contributed by atoms with Crippen molar-refractivity contribution in [2.75, 3.05) is 21.3 Å². The topological polar surface area (TPSA) is 69.2 Å². The smallest absolute Gasteiger partial charge is 0.857 e. The maximum atomic E-state index is 8.25. The summed E-state index contributed by atoms with van der Waals surface area (Å²) >= 11 is 0. The van der Waals surface area contributed by atoms with Crippen LogP contribution < -0.4 is 15.3 Å². The summed E-state index contributed by atoms with van der Waals surface area (Å²) in [5, 5.41) is 24.8. The van der Waals surface area contributed by atoms with Crippen LogP contribution in [0.1, 0.15) is 48.5 Å². The molecule has 0 heterocycles. The molecule has 23 heavy (non-hydrogen) atoms. The van der Waals surface area contributed by atoms with Crippen LogP contribution in [0.5, 0.6) is 0 Å². The van der Waals surface area contributed by atoms with Gasteiger partial charge in [-0.15, -0.1) is 5.57 Å². The Morgan fingerprint density at radius 2 is 1.22 bits per heavy atom. The second-order valence-electron chi connectivity index (χ2n) is 5.98. The third kappa shape index (κ3) is 5.47. The van der Waals surface area contributed by atoms with Crippen molar-refractivity contribution in [3.05, 3.63) is 28.2 Å². The summed E-state index contributed by atoms with van der Waals surface area (Å²) in [6, 6.07) is 0. The molecule has 0 aromatic heterocycles. The molecule has 132 valence electrons. The minimum atomic E-state index is 0. The van der Waals surface area contributed by atoms with Gasteiger partial charge in [0.1, 0.15) is 0 Å². The molecule has 0 aromatic carbocycles. The Labute approximate surface area is 158 Å². The van der Waals surface area contributed by atoms with Gasteiger partial charge in [0.05, 0.1) is 0 Å². The first-order valence-corrected chi connectivity index (χ1v) is 7.86. The van der Waals surface area contributed by atoms with Gasteiger partial charge in [0.25, 0.3) is 0 Å². The molecule has 4 atom stereocenters. The average molecular weight is 358 g/mol. The number of hydrogen-bond acceptors (Lipinski definition) is 3. The van der Waals surface area contributed by atoms with Gasteiger partial charge >= 0.3 is 21.7 Å². The maximum absolute atomic E-state index is 8.25. The molecule has 2 rings (SSSR count). The van der Waals surface area contributed by atoms with E-state index in [-0.39, 0.29) is 21.7 Å². The van der Waals surface area contributed by atoms with Gasteiger partial charge in [-0.2, -0.15) is 44.0 Å². The van der Waals surface area contributed by atoms with Crippen molar-refractivity contribution in [2.45, 2.75) is 48.5 Å². The summed E-state index contributed by atoms with van der Waals surface area (Å²) in [6.45, 7) is 16.6. The SMILES string of the molecule is CC1=C(C)C(C)C2=C1[C-](C)C(C)C(C)C2C.C[O-].C[O-].C[O-].[Ti+4]. The van der Waals surface area contributed by atoms with E-state index in [1.165, 1.54) is 0 Å². The summed E-state index contributed by atoms with van der Waals surface area (Å²) < 4.78 is 0. The van der Waals surface area contributed by atoms with Gasteiger partial charge in [0.2, 0.25) is 0 Å². The molecular formula is C19H34O3Ti. The van der Waals surface area contributed by atoms with Crippen molar-refractivity contribution < 1.29 is 37.0 Å². The van der Waals surface area contributed by atoms with Gasteiger partial charge in [-0.3, -0.25) is 0 Å². The molecule has 4 heteroatoms. The van der Waals surface area contributed by atoms with Crippen LogP contribution >= 0.6 is 0 Å². The van der Waals surface area contributed by atoms with Crippen molar-refractivity contribution in [1.29, 1.82) is 0 Å². The van der Waals surface area contributed by atoms with Crippen LogP contribution in [-0.2, 0) is 21.7 Å². The first-order chi connectivity index (χ1) is 10.4. The standard InChI is InChI=1S/C16H25.3CH3O.Ti/c1-8-9(2)12(5)16-14(7)10(3)13(6)15(16)11(8)4;3*1-2;/h8-9,11,13H,1-7H3;3*1H3;/q4*-1;+4. The molecule has 0 aliphatic heterocycles. The van der Waals surface area contributed by atoms with Crippen LogP contribution in [0.3, 0.4) is 0 Å². The van der Waals surface area contributed by atoms with Gasteiger partial charge in [-0.25, -0.2) is 0 Å². The zero-order chi connectivity index (χ0) is 18.2. The monoisotopic (exact) mass is 358 g/mol. The Morgan fingerprint density at radius 3 is 1.61 bits per heavy atom. The van der Waals surface area contributed by atoms with Crippen molar-refractivity contribution in [2.24, 2.45) is 23.7 Å². The molecule has 0 radical (unpaired) electrons. The van der Waals surface area contributed by atoms with Gasteiger partial charge in [-0.1, -0.05) is 72.1 Å². The molecular weight excluding hydrogens is 324 g/mol. The molecule has 0 fully saturated rings. The Hall–Kier alpha value is -0.0557. The minimum absolute atomic E-state index is 0. The summed E-state index contributed by atoms with van der Waals surface area (Å²) in [5.41, 5.74) is 6.50. The molecule has 0 saturated heterocycles. The fourth-order valence-corrected chi connectivity index (χ4v) is 3.67. The van der Waals surface area contributed by atoms with Crippen molar-refractivity contribution in [1.82, 2.24) is 0 Å². The van der Waals surface area contributed by atoms with Gasteiger partial charge in [0.15, 0.2) is 0 Å². The molecule has 0 spiro atoms. The Balaban J connectivity index is -0.000000514. The normalized spacial score (nSPS) is 28.3. The van der Waals surface area contributed by atoms with E-state index in [0.29, 0.717) is 5.92 Å². The largest absolute Gasteiger partial charge is 4.00 e. The molecule has 0 bridgehead atoms. The predicted octanol–water partition coefficient (Wildman–Crippen LogP) is 1.71. The molecule has 2 aliphatic rings. The van der Waals surface area contributed by atoms with Crippen LogP contribution in [0.15, 0.2) is 22.3 Å². The van der Waals surface area contributed by atoms with E-state index >= 15 is 0 Å². The number of rotatable bonds is 0. The van der Waals surface area contributed by atoms with Crippen molar-refractivity contribution >= 4 is 0 Å². The average Bonchev–Trinajstić information content (AvgIpc) is 2.81. The van der Waals surface area contributed by atoms with E-state index in [1.54, 1.807) is 28.2 Å². The zero-order valence-corrected chi connectivity index (χ0v) is 18.1. The van der Waals surface area contributed by atoms with Gasteiger partial charge < -0.3 is 15.3 Å². The first kappa shape index (κ1) is 27.8. The van der Waals surface area contributed by atoms with Crippen LogP contribution in [-0.4, -0.2) is 21.3 Å². The molecule has 3 nitrogen and oxygen atoms in total. The minimum Gasteiger partial charge on any atom is -0.857 e. The van der Waals surface area contributed by atoms with Crippen LogP contribution in [0, 0.1) is 29.6 Å². The second-order valence-corrected chi connectivity index (χ2v) is 5.98. The van der Waals surface area contributed by atoms with Gasteiger partial charge in [0, 0.05) is 0 Å². The summed E-state index contributed by atoms with van der Waals surface area (Å²) in [6.07, 6.45) is 0. The second kappa shape index (κ2) is 13.3. The van der Waals surface area contributed by atoms with Crippen molar-refractivity contribution in [3.63, 3.8) is 0 Å². The molecule has 0 N–H and O–H groups in total. The number of allylic oxidation sites excluding steroid dienone is 4. The number of hydrogen-bond donors (Lipinski definition) is 0. The third-order valence-corrected chi connectivity index (χ3v) is 5.52. The zero-order valence-electron chi connectivity index (χ0n) is 16.5. The molecule has 0 aromatic rings. The Bertz CT molecular complexity index is 388. The van der Waals surface area contributed by atoms with Crippen LogP contribution in [0.25, 0.3) is 0 Å². The molecule has 0 amide bonds. The Morgan fingerprint density at radius 1 is 0.826 bits per heavy atom. The summed E-state index contributed by atoms with van der Waals surface area (Å²) in [5.74, 6) is 4.58. The molecule has 0 saturated carbocycles. The van der Waals surface area contributed by atoms with E-state index in [0.717, 1.165) is 39.1 Å². The fraction of sp³-hybridized carbons (Fsp3) is 0.737. The molecule has 2 aliphatic carbocycles. The van der Waals surface area contributed by atoms with E-state index in [4.69, 9.17) is 15.3 Å². The molecule has 4 unspecified atom stereocenters. The van der Waals surface area contributed by atoms with E-state index < -0.39 is 0 Å². The van der Waals surface area contributed by atoms with E-state index in [2.05, 4.69) is 48.5 Å². The predicted molar refractivity (Wildman–Crippen MR) is 88.7 cm³/mol. The quantitative estimate of drug-likeness (QED) is 0.489. The Kier molecular flexibility index (Phi) is 16.0. The summed E-state index contributed by atoms with van der Waals surface area (Å²) in [7, 11) is 2.25.